The quantitative estimate of drug-likeness (QED) is 0.211. The van der Waals surface area contributed by atoms with E-state index in [1.165, 1.54) is 99.2 Å². The second-order valence-corrected chi connectivity index (χ2v) is 13.5. The molecule has 3 nitrogen and oxygen atoms in total. The Morgan fingerprint density at radius 3 is 1.92 bits per heavy atom. The van der Waals surface area contributed by atoms with Gasteiger partial charge in [-0.2, -0.15) is 0 Å². The van der Waals surface area contributed by atoms with Crippen molar-refractivity contribution in [3.63, 3.8) is 0 Å². The Kier molecular flexibility index (Phi) is 5.34. The molecule has 11 rings (SSSR count). The SMILES string of the molecule is c1ccc(-c2ccc3[nH]c4c5c6c(cc4c3c2)CCc2cc3c4cc(-c7ccccc7)ccc4n(-c4cccnc4)c3c(c2-6)CC5)cc1. The standard InChI is InChI=1S/C45H31N3/c1-3-8-27(9-4-1)29-15-19-40-36(22-29)38-24-31-13-14-32-25-39-37-23-30(28-10-5-2-6-11-28)16-20-41(37)48(33-12-7-21-46-26-33)45(39)35-18-17-34(44(38)47-40)42(31)43(32)35/h1-12,15-16,19-26,47H,13-14,17-18H2. The molecule has 0 radical (unpaired) electrons. The van der Waals surface area contributed by atoms with E-state index in [0.29, 0.717) is 0 Å². The fraction of sp³-hybridized carbons (Fsp3) is 0.0889. The molecule has 48 heavy (non-hydrogen) atoms. The number of aromatic nitrogens is 3. The first-order valence-electron chi connectivity index (χ1n) is 17.0. The van der Waals surface area contributed by atoms with Gasteiger partial charge < -0.3 is 9.55 Å². The van der Waals surface area contributed by atoms with Gasteiger partial charge in [0.05, 0.1) is 28.4 Å². The lowest BCUT2D eigenvalue weighted by molar-refractivity contribution is 0.885. The predicted molar refractivity (Wildman–Crippen MR) is 199 cm³/mol. The van der Waals surface area contributed by atoms with E-state index in [1.54, 1.807) is 0 Å². The summed E-state index contributed by atoms with van der Waals surface area (Å²) in [5.74, 6) is 0. The van der Waals surface area contributed by atoms with Gasteiger partial charge in [-0.3, -0.25) is 4.98 Å². The van der Waals surface area contributed by atoms with Crippen molar-refractivity contribution in [3.8, 4) is 39.1 Å². The average molecular weight is 614 g/mol. The molecule has 3 heteroatoms. The van der Waals surface area contributed by atoms with Crippen LogP contribution in [-0.2, 0) is 25.7 Å². The van der Waals surface area contributed by atoms with E-state index in [9.17, 15) is 0 Å². The summed E-state index contributed by atoms with van der Waals surface area (Å²) in [4.78, 5) is 8.46. The Bertz CT molecular complexity index is 2750. The number of nitrogens with one attached hydrogen (secondary N) is 1. The van der Waals surface area contributed by atoms with Crippen LogP contribution in [0.4, 0.5) is 0 Å². The molecule has 2 aliphatic rings. The summed E-state index contributed by atoms with van der Waals surface area (Å²) in [5.41, 5.74) is 20.2. The Hall–Kier alpha value is -5.93. The van der Waals surface area contributed by atoms with Crippen molar-refractivity contribution in [2.75, 3.05) is 0 Å². The number of fused-ring (bicyclic) bond motifs is 8. The summed E-state index contributed by atoms with van der Waals surface area (Å²) in [7, 11) is 0. The second kappa shape index (κ2) is 9.79. The van der Waals surface area contributed by atoms with Crippen LogP contribution in [0.15, 0.2) is 134 Å². The zero-order valence-electron chi connectivity index (χ0n) is 26.4. The van der Waals surface area contributed by atoms with Crippen LogP contribution in [0.25, 0.3) is 82.7 Å². The maximum absolute atomic E-state index is 4.57. The van der Waals surface area contributed by atoms with Crippen LogP contribution in [0, 0.1) is 0 Å². The van der Waals surface area contributed by atoms with Crippen molar-refractivity contribution < 1.29 is 0 Å². The first-order valence-corrected chi connectivity index (χ1v) is 17.0. The normalized spacial score (nSPS) is 13.5. The third kappa shape index (κ3) is 3.62. The molecular weight excluding hydrogens is 583 g/mol. The molecular formula is C45H31N3. The number of aryl methyl sites for hydroxylation is 4. The molecule has 0 saturated heterocycles. The Labute approximate surface area is 278 Å². The van der Waals surface area contributed by atoms with Crippen LogP contribution < -0.4 is 0 Å². The highest BCUT2D eigenvalue weighted by Crippen LogP contribution is 2.50. The molecule has 3 heterocycles. The molecule has 0 spiro atoms. The number of pyridine rings is 1. The Balaban J connectivity index is 1.19. The molecule has 0 aliphatic heterocycles. The van der Waals surface area contributed by atoms with Crippen LogP contribution in [0.2, 0.25) is 0 Å². The topological polar surface area (TPSA) is 33.6 Å². The van der Waals surface area contributed by atoms with Crippen LogP contribution in [0.5, 0.6) is 0 Å². The Morgan fingerprint density at radius 2 is 1.19 bits per heavy atom. The van der Waals surface area contributed by atoms with Crippen molar-refractivity contribution >= 4 is 43.6 Å². The van der Waals surface area contributed by atoms with Gasteiger partial charge in [-0.15, -0.1) is 0 Å². The van der Waals surface area contributed by atoms with Crippen LogP contribution in [0.1, 0.15) is 22.3 Å². The smallest absolute Gasteiger partial charge is 0.0645 e. The van der Waals surface area contributed by atoms with Gasteiger partial charge in [0.1, 0.15) is 0 Å². The lowest BCUT2D eigenvalue weighted by Crippen LogP contribution is -2.15. The largest absolute Gasteiger partial charge is 0.354 e. The van der Waals surface area contributed by atoms with Gasteiger partial charge in [0.15, 0.2) is 0 Å². The van der Waals surface area contributed by atoms with Crippen LogP contribution in [-0.4, -0.2) is 14.5 Å². The summed E-state index contributed by atoms with van der Waals surface area (Å²) in [6.45, 7) is 0. The monoisotopic (exact) mass is 613 g/mol. The molecule has 226 valence electrons. The summed E-state index contributed by atoms with van der Waals surface area (Å²) in [6, 6.07) is 44.7. The maximum Gasteiger partial charge on any atom is 0.0645 e. The van der Waals surface area contributed by atoms with E-state index < -0.39 is 0 Å². The van der Waals surface area contributed by atoms with Crippen molar-refractivity contribution in [1.29, 1.82) is 0 Å². The third-order valence-electron chi connectivity index (χ3n) is 11.0. The van der Waals surface area contributed by atoms with E-state index in [2.05, 4.69) is 136 Å². The number of aromatic amines is 1. The molecule has 0 amide bonds. The molecule has 0 bridgehead atoms. The molecule has 0 atom stereocenters. The third-order valence-corrected chi connectivity index (χ3v) is 11.0. The first kappa shape index (κ1) is 26.2. The lowest BCUT2D eigenvalue weighted by Gasteiger charge is -2.31. The van der Waals surface area contributed by atoms with Crippen LogP contribution in [0.3, 0.4) is 0 Å². The number of nitrogens with zero attached hydrogens (tertiary/aromatic N) is 2. The predicted octanol–water partition coefficient (Wildman–Crippen LogP) is 11.0. The van der Waals surface area contributed by atoms with Gasteiger partial charge in [-0.1, -0.05) is 72.8 Å². The molecule has 9 aromatic rings. The van der Waals surface area contributed by atoms with Crippen molar-refractivity contribution in [2.24, 2.45) is 0 Å². The van der Waals surface area contributed by atoms with Gasteiger partial charge in [-0.25, -0.2) is 0 Å². The number of benzene rings is 6. The highest BCUT2D eigenvalue weighted by Gasteiger charge is 2.32. The average Bonchev–Trinajstić information content (AvgIpc) is 3.69. The summed E-state index contributed by atoms with van der Waals surface area (Å²) < 4.78 is 2.48. The van der Waals surface area contributed by atoms with Gasteiger partial charge in [0, 0.05) is 33.3 Å². The molecule has 0 unspecified atom stereocenters. The number of rotatable bonds is 3. The highest BCUT2D eigenvalue weighted by molar-refractivity contribution is 6.16. The number of hydrogen-bond acceptors (Lipinski definition) is 1. The van der Waals surface area contributed by atoms with Gasteiger partial charge in [-0.05, 0) is 130 Å². The Morgan fingerprint density at radius 1 is 0.521 bits per heavy atom. The number of hydrogen-bond donors (Lipinski definition) is 1. The van der Waals surface area contributed by atoms with E-state index in [-0.39, 0.29) is 0 Å². The molecule has 1 N–H and O–H groups in total. The second-order valence-electron chi connectivity index (χ2n) is 13.5. The first-order chi connectivity index (χ1) is 23.8. The van der Waals surface area contributed by atoms with Gasteiger partial charge >= 0.3 is 0 Å². The minimum absolute atomic E-state index is 1.01. The van der Waals surface area contributed by atoms with Crippen molar-refractivity contribution in [1.82, 2.24) is 14.5 Å². The fourth-order valence-electron chi connectivity index (χ4n) is 8.89. The zero-order valence-corrected chi connectivity index (χ0v) is 26.4. The molecule has 2 aliphatic carbocycles. The molecule has 6 aromatic carbocycles. The fourth-order valence-corrected chi connectivity index (χ4v) is 8.89. The van der Waals surface area contributed by atoms with E-state index in [1.807, 2.05) is 12.4 Å². The van der Waals surface area contributed by atoms with E-state index in [4.69, 9.17) is 0 Å². The molecule has 0 saturated carbocycles. The van der Waals surface area contributed by atoms with E-state index in [0.717, 1.165) is 31.4 Å². The summed E-state index contributed by atoms with van der Waals surface area (Å²) in [6.07, 6.45) is 8.04. The number of H-pyrrole nitrogens is 1. The summed E-state index contributed by atoms with van der Waals surface area (Å²) >= 11 is 0. The maximum atomic E-state index is 4.57. The highest BCUT2D eigenvalue weighted by atomic mass is 15.0. The van der Waals surface area contributed by atoms with E-state index >= 15 is 0 Å². The van der Waals surface area contributed by atoms with Crippen molar-refractivity contribution in [3.05, 3.63) is 156 Å². The lowest BCUT2D eigenvalue weighted by atomic mass is 9.74. The molecule has 3 aromatic heterocycles. The minimum atomic E-state index is 1.01. The molecule has 0 fully saturated rings. The van der Waals surface area contributed by atoms with Gasteiger partial charge in [0.2, 0.25) is 0 Å². The van der Waals surface area contributed by atoms with Crippen molar-refractivity contribution in [2.45, 2.75) is 25.7 Å². The van der Waals surface area contributed by atoms with Gasteiger partial charge in [0.25, 0.3) is 0 Å². The summed E-state index contributed by atoms with van der Waals surface area (Å²) in [5, 5.41) is 5.35. The minimum Gasteiger partial charge on any atom is -0.354 e. The van der Waals surface area contributed by atoms with Crippen LogP contribution >= 0.6 is 0 Å². The zero-order chi connectivity index (χ0) is 31.3.